The Kier molecular flexibility index (Phi) is 5.51. The van der Waals surface area contributed by atoms with Gasteiger partial charge in [0.1, 0.15) is 17.8 Å². The predicted octanol–water partition coefficient (Wildman–Crippen LogP) is 1.72. The molecule has 0 spiro atoms. The van der Waals surface area contributed by atoms with Crippen molar-refractivity contribution >= 4 is 46.9 Å². The number of likely N-dealkylation sites (tertiary alicyclic amines) is 1. The number of nitrogens with two attached hydrogens (primary N) is 1. The third-order valence-electron chi connectivity index (χ3n) is 4.42. The smallest absolute Gasteiger partial charge is 0.261 e. The van der Waals surface area contributed by atoms with Crippen LogP contribution in [0.4, 0.5) is 5.82 Å². The number of H-pyrrole nitrogens is 1. The molecule has 4 heterocycles. The lowest BCUT2D eigenvalue weighted by atomic mass is 10.1. The molecule has 134 valence electrons. The fourth-order valence-electron chi connectivity index (χ4n) is 3.22. The third-order valence-corrected chi connectivity index (χ3v) is 5.40. The maximum absolute atomic E-state index is 12.8. The number of rotatable bonds is 2. The first-order valence-corrected chi connectivity index (χ1v) is 9.15. The third kappa shape index (κ3) is 3.61. The molecular formula is C16H21ClN6OS. The van der Waals surface area contributed by atoms with Crippen molar-refractivity contribution in [1.29, 1.82) is 0 Å². The zero-order chi connectivity index (χ0) is 16.5. The first-order chi connectivity index (χ1) is 11.7. The van der Waals surface area contributed by atoms with Crippen LogP contribution in [0.15, 0.2) is 29.7 Å². The molecule has 0 aliphatic carbocycles. The number of nitrogens with one attached hydrogen (secondary N) is 1. The van der Waals surface area contributed by atoms with E-state index in [0.29, 0.717) is 6.54 Å². The van der Waals surface area contributed by atoms with Gasteiger partial charge in [0, 0.05) is 43.8 Å². The molecule has 1 amide bonds. The molecule has 2 aromatic heterocycles. The summed E-state index contributed by atoms with van der Waals surface area (Å²) in [5.74, 6) is 1.77. The Morgan fingerprint density at radius 2 is 2.24 bits per heavy atom. The molecular weight excluding hydrogens is 360 g/mol. The van der Waals surface area contributed by atoms with Crippen LogP contribution < -0.4 is 10.6 Å². The van der Waals surface area contributed by atoms with Gasteiger partial charge in [-0.25, -0.2) is 9.97 Å². The number of nitrogens with zero attached hydrogens (tertiary/aromatic N) is 4. The summed E-state index contributed by atoms with van der Waals surface area (Å²) in [4.78, 5) is 29.2. The van der Waals surface area contributed by atoms with E-state index in [4.69, 9.17) is 5.73 Å². The standard InChI is InChI=1S/C16H20N6OS.ClH/c17-11-2-1-5-22(8-11)16(23)13-9-21(6-7-24-13)15-12-3-4-18-14(12)19-10-20-15;/h3-4,9-11H,1-2,5-8,17H2,(H,18,19,20);1H/t11-;/m0./s1. The summed E-state index contributed by atoms with van der Waals surface area (Å²) < 4.78 is 0. The van der Waals surface area contributed by atoms with Gasteiger partial charge in [0.05, 0.1) is 10.3 Å². The molecule has 1 saturated heterocycles. The van der Waals surface area contributed by atoms with E-state index in [2.05, 4.69) is 15.0 Å². The first kappa shape index (κ1) is 18.0. The monoisotopic (exact) mass is 380 g/mol. The highest BCUT2D eigenvalue weighted by molar-refractivity contribution is 8.04. The van der Waals surface area contributed by atoms with Crippen molar-refractivity contribution in [2.75, 3.05) is 30.3 Å². The number of carbonyl (C=O) groups excluding carboxylic acids is 1. The SMILES string of the molecule is Cl.N[C@H]1CCCN(C(=O)C2=CN(c3ncnc4[nH]ccc34)CCS2)C1. The van der Waals surface area contributed by atoms with Crippen molar-refractivity contribution in [2.45, 2.75) is 18.9 Å². The topological polar surface area (TPSA) is 91.1 Å². The van der Waals surface area contributed by atoms with Crippen LogP contribution in [0.25, 0.3) is 11.0 Å². The average molecular weight is 381 g/mol. The van der Waals surface area contributed by atoms with E-state index < -0.39 is 0 Å². The Bertz CT molecular complexity index is 794. The first-order valence-electron chi connectivity index (χ1n) is 8.16. The number of fused-ring (bicyclic) bond motifs is 1. The fourth-order valence-corrected chi connectivity index (χ4v) is 4.18. The maximum atomic E-state index is 12.8. The number of thioether (sulfide) groups is 1. The highest BCUT2D eigenvalue weighted by Gasteiger charge is 2.27. The molecule has 0 radical (unpaired) electrons. The number of carbonyl (C=O) groups is 1. The minimum Gasteiger partial charge on any atom is -0.346 e. The van der Waals surface area contributed by atoms with E-state index in [0.717, 1.165) is 53.4 Å². The van der Waals surface area contributed by atoms with Crippen molar-refractivity contribution in [3.63, 3.8) is 0 Å². The average Bonchev–Trinajstić information content (AvgIpc) is 3.10. The highest BCUT2D eigenvalue weighted by atomic mass is 35.5. The van der Waals surface area contributed by atoms with E-state index in [1.54, 1.807) is 18.1 Å². The lowest BCUT2D eigenvalue weighted by molar-refractivity contribution is -0.127. The Balaban J connectivity index is 0.00000182. The molecule has 2 aromatic rings. The summed E-state index contributed by atoms with van der Waals surface area (Å²) in [5.41, 5.74) is 6.82. The van der Waals surface area contributed by atoms with Gasteiger partial charge in [0.2, 0.25) is 0 Å². The van der Waals surface area contributed by atoms with Gasteiger partial charge < -0.3 is 20.5 Å². The quantitative estimate of drug-likeness (QED) is 0.824. The molecule has 1 fully saturated rings. The van der Waals surface area contributed by atoms with Crippen molar-refractivity contribution in [2.24, 2.45) is 5.73 Å². The second kappa shape index (κ2) is 7.63. The largest absolute Gasteiger partial charge is 0.346 e. The Hall–Kier alpha value is -1.77. The number of aromatic nitrogens is 3. The van der Waals surface area contributed by atoms with Crippen LogP contribution in [0, 0.1) is 0 Å². The zero-order valence-electron chi connectivity index (χ0n) is 13.7. The van der Waals surface area contributed by atoms with Gasteiger partial charge in [0.25, 0.3) is 5.91 Å². The summed E-state index contributed by atoms with van der Waals surface area (Å²) in [5, 5.41) is 0.965. The van der Waals surface area contributed by atoms with E-state index >= 15 is 0 Å². The summed E-state index contributed by atoms with van der Waals surface area (Å²) in [7, 11) is 0. The number of anilines is 1. The van der Waals surface area contributed by atoms with Crippen LogP contribution in [0.2, 0.25) is 0 Å². The summed E-state index contributed by atoms with van der Waals surface area (Å²) in [6, 6.07) is 2.06. The van der Waals surface area contributed by atoms with Gasteiger partial charge in [-0.3, -0.25) is 4.79 Å². The molecule has 0 bridgehead atoms. The number of amides is 1. The van der Waals surface area contributed by atoms with Crippen molar-refractivity contribution in [3.05, 3.63) is 29.7 Å². The van der Waals surface area contributed by atoms with Crippen LogP contribution in [-0.4, -0.2) is 57.2 Å². The molecule has 2 aliphatic rings. The van der Waals surface area contributed by atoms with Crippen LogP contribution in [0.1, 0.15) is 12.8 Å². The van der Waals surface area contributed by atoms with Crippen molar-refractivity contribution in [1.82, 2.24) is 19.9 Å². The van der Waals surface area contributed by atoms with Crippen LogP contribution in [0.3, 0.4) is 0 Å². The van der Waals surface area contributed by atoms with E-state index in [9.17, 15) is 4.79 Å². The number of piperidine rings is 1. The van der Waals surface area contributed by atoms with Crippen LogP contribution in [-0.2, 0) is 4.79 Å². The molecule has 0 aromatic carbocycles. The molecule has 0 saturated carbocycles. The summed E-state index contributed by atoms with van der Waals surface area (Å²) in [6.07, 6.45) is 7.30. The van der Waals surface area contributed by atoms with E-state index in [-0.39, 0.29) is 24.4 Å². The van der Waals surface area contributed by atoms with E-state index in [1.807, 2.05) is 28.3 Å². The Morgan fingerprint density at radius 3 is 3.08 bits per heavy atom. The van der Waals surface area contributed by atoms with Gasteiger partial charge in [0.15, 0.2) is 0 Å². The minimum absolute atomic E-state index is 0. The normalized spacial score (nSPS) is 21.0. The van der Waals surface area contributed by atoms with Gasteiger partial charge in [-0.1, -0.05) is 0 Å². The van der Waals surface area contributed by atoms with Gasteiger partial charge in [-0.2, -0.15) is 0 Å². The van der Waals surface area contributed by atoms with Gasteiger partial charge in [-0.15, -0.1) is 24.2 Å². The predicted molar refractivity (Wildman–Crippen MR) is 103 cm³/mol. The molecule has 2 aliphatic heterocycles. The molecule has 3 N–H and O–H groups in total. The van der Waals surface area contributed by atoms with Gasteiger partial charge in [-0.05, 0) is 18.9 Å². The summed E-state index contributed by atoms with van der Waals surface area (Å²) in [6.45, 7) is 2.25. The number of hydrogen-bond donors (Lipinski definition) is 2. The van der Waals surface area contributed by atoms with Crippen molar-refractivity contribution in [3.8, 4) is 0 Å². The lowest BCUT2D eigenvalue weighted by Crippen LogP contribution is -2.46. The molecule has 9 heteroatoms. The molecule has 0 unspecified atom stereocenters. The highest BCUT2D eigenvalue weighted by Crippen LogP contribution is 2.30. The second-order valence-corrected chi connectivity index (χ2v) is 7.26. The summed E-state index contributed by atoms with van der Waals surface area (Å²) >= 11 is 1.61. The number of halogens is 1. The van der Waals surface area contributed by atoms with Crippen molar-refractivity contribution < 1.29 is 4.79 Å². The maximum Gasteiger partial charge on any atom is 0.261 e. The molecule has 25 heavy (non-hydrogen) atoms. The van der Waals surface area contributed by atoms with Crippen LogP contribution in [0.5, 0.6) is 0 Å². The Morgan fingerprint density at radius 1 is 1.36 bits per heavy atom. The molecule has 7 nitrogen and oxygen atoms in total. The fraction of sp³-hybridized carbons (Fsp3) is 0.438. The lowest BCUT2D eigenvalue weighted by Gasteiger charge is -2.33. The second-order valence-electron chi connectivity index (χ2n) is 6.13. The van der Waals surface area contributed by atoms with Gasteiger partial charge >= 0.3 is 0 Å². The molecule has 4 rings (SSSR count). The molecule has 1 atom stereocenters. The Labute approximate surface area is 156 Å². The zero-order valence-corrected chi connectivity index (χ0v) is 15.4. The number of aromatic amines is 1. The number of hydrogen-bond acceptors (Lipinski definition) is 6. The minimum atomic E-state index is 0. The van der Waals surface area contributed by atoms with E-state index in [1.165, 1.54) is 0 Å². The van der Waals surface area contributed by atoms with Crippen LogP contribution >= 0.6 is 24.2 Å².